The van der Waals surface area contributed by atoms with Gasteiger partial charge in [0.2, 0.25) is 0 Å². The molecule has 1 N–H and O–H groups in total. The van der Waals surface area contributed by atoms with Crippen LogP contribution in [0.3, 0.4) is 0 Å². The van der Waals surface area contributed by atoms with Crippen molar-refractivity contribution in [2.24, 2.45) is 5.92 Å². The Morgan fingerprint density at radius 1 is 1.67 bits per heavy atom. The fraction of sp³-hybridized carbons (Fsp3) is 0.462. The lowest BCUT2D eigenvalue weighted by molar-refractivity contribution is 0.0776. The Morgan fingerprint density at radius 3 is 3.00 bits per heavy atom. The summed E-state index contributed by atoms with van der Waals surface area (Å²) in [4.78, 5) is 18.0. The van der Waals surface area contributed by atoms with Gasteiger partial charge in [-0.1, -0.05) is 0 Å². The fourth-order valence-corrected chi connectivity index (χ4v) is 2.13. The number of aromatic nitrogens is 1. The van der Waals surface area contributed by atoms with Gasteiger partial charge in [-0.25, -0.2) is 4.98 Å². The Hall–Kier alpha value is -1.93. The molecule has 94 valence electrons. The van der Waals surface area contributed by atoms with Crippen molar-refractivity contribution in [2.45, 2.75) is 13.3 Å². The highest BCUT2D eigenvalue weighted by Crippen LogP contribution is 2.18. The van der Waals surface area contributed by atoms with Crippen LogP contribution in [0.2, 0.25) is 0 Å². The summed E-state index contributed by atoms with van der Waals surface area (Å²) in [5.41, 5.74) is 1.42. The third-order valence-corrected chi connectivity index (χ3v) is 3.26. The summed E-state index contributed by atoms with van der Waals surface area (Å²) in [6.07, 6.45) is 0.831. The number of amides is 1. The molecule has 0 aromatic carbocycles. The standard InChI is InChI=1S/C13H15N3O2/c1-9-11(6-14)2-3-12(15-9)13(18)16-5-4-10(7-16)8-17/h2-3,10,17H,4-5,7-8H2,1H3. The van der Waals surface area contributed by atoms with E-state index < -0.39 is 0 Å². The SMILES string of the molecule is Cc1nc(C(=O)N2CCC(CO)C2)ccc1C#N. The second-order valence-corrected chi connectivity index (χ2v) is 4.53. The molecule has 1 amide bonds. The molecular formula is C13H15N3O2. The van der Waals surface area contributed by atoms with Gasteiger partial charge in [-0.3, -0.25) is 4.79 Å². The summed E-state index contributed by atoms with van der Waals surface area (Å²) >= 11 is 0. The number of carbonyl (C=O) groups is 1. The average molecular weight is 245 g/mol. The summed E-state index contributed by atoms with van der Waals surface area (Å²) in [6, 6.07) is 5.23. The molecule has 0 aliphatic carbocycles. The van der Waals surface area contributed by atoms with Crippen molar-refractivity contribution in [1.29, 1.82) is 5.26 Å². The molecule has 1 aromatic heterocycles. The van der Waals surface area contributed by atoms with Crippen LogP contribution in [0.15, 0.2) is 12.1 Å². The molecule has 2 heterocycles. The van der Waals surface area contributed by atoms with Crippen molar-refractivity contribution in [3.05, 3.63) is 29.1 Å². The summed E-state index contributed by atoms with van der Waals surface area (Å²) < 4.78 is 0. The Balaban J connectivity index is 2.15. The van der Waals surface area contributed by atoms with E-state index in [9.17, 15) is 4.79 Å². The first-order valence-electron chi connectivity index (χ1n) is 5.93. The van der Waals surface area contributed by atoms with Crippen LogP contribution < -0.4 is 0 Å². The van der Waals surface area contributed by atoms with Crippen molar-refractivity contribution in [1.82, 2.24) is 9.88 Å². The summed E-state index contributed by atoms with van der Waals surface area (Å²) in [5, 5.41) is 17.9. The lowest BCUT2D eigenvalue weighted by Gasteiger charge is -2.15. The zero-order valence-corrected chi connectivity index (χ0v) is 10.3. The fourth-order valence-electron chi connectivity index (χ4n) is 2.13. The highest BCUT2D eigenvalue weighted by atomic mass is 16.3. The van der Waals surface area contributed by atoms with Gasteiger partial charge in [0.1, 0.15) is 11.8 Å². The second kappa shape index (κ2) is 5.15. The lowest BCUT2D eigenvalue weighted by atomic mass is 10.1. The number of aliphatic hydroxyl groups is 1. The van der Waals surface area contributed by atoms with Gasteiger partial charge in [0.15, 0.2) is 0 Å². The molecule has 1 saturated heterocycles. The van der Waals surface area contributed by atoms with Crippen LogP contribution in [0.5, 0.6) is 0 Å². The Morgan fingerprint density at radius 2 is 2.44 bits per heavy atom. The van der Waals surface area contributed by atoms with E-state index in [0.717, 1.165) is 6.42 Å². The Kier molecular flexibility index (Phi) is 3.58. The quantitative estimate of drug-likeness (QED) is 0.832. The number of nitriles is 1. The molecule has 0 bridgehead atoms. The van der Waals surface area contributed by atoms with Crippen LogP contribution in [0.1, 0.15) is 28.2 Å². The molecule has 18 heavy (non-hydrogen) atoms. The summed E-state index contributed by atoms with van der Waals surface area (Å²) in [5.74, 6) is 0.0481. The maximum atomic E-state index is 12.2. The van der Waals surface area contributed by atoms with Crippen molar-refractivity contribution in [3.8, 4) is 6.07 Å². The second-order valence-electron chi connectivity index (χ2n) is 4.53. The first-order chi connectivity index (χ1) is 8.65. The predicted molar refractivity (Wildman–Crippen MR) is 64.8 cm³/mol. The highest BCUT2D eigenvalue weighted by Gasteiger charge is 2.27. The Labute approximate surface area is 106 Å². The molecule has 0 saturated carbocycles. The molecule has 5 heteroatoms. The minimum Gasteiger partial charge on any atom is -0.396 e. The number of nitrogens with zero attached hydrogens (tertiary/aromatic N) is 3. The number of carbonyl (C=O) groups excluding carboxylic acids is 1. The van der Waals surface area contributed by atoms with Crippen molar-refractivity contribution < 1.29 is 9.90 Å². The first-order valence-corrected chi connectivity index (χ1v) is 5.93. The van der Waals surface area contributed by atoms with Gasteiger partial charge in [0.05, 0.1) is 11.3 Å². The maximum absolute atomic E-state index is 12.2. The van der Waals surface area contributed by atoms with E-state index in [4.69, 9.17) is 10.4 Å². The third-order valence-electron chi connectivity index (χ3n) is 3.26. The summed E-state index contributed by atoms with van der Waals surface area (Å²) in [6.45, 7) is 3.07. The number of aryl methyl sites for hydroxylation is 1. The van der Waals surface area contributed by atoms with Gasteiger partial charge in [0.25, 0.3) is 5.91 Å². The number of aliphatic hydroxyl groups excluding tert-OH is 1. The molecular weight excluding hydrogens is 230 g/mol. The van der Waals surface area contributed by atoms with Gasteiger partial charge >= 0.3 is 0 Å². The van der Waals surface area contributed by atoms with E-state index in [0.29, 0.717) is 30.0 Å². The normalized spacial score (nSPS) is 18.7. The van der Waals surface area contributed by atoms with Crippen LogP contribution >= 0.6 is 0 Å². The predicted octanol–water partition coefficient (Wildman–Crippen LogP) is 0.716. The van der Waals surface area contributed by atoms with Gasteiger partial charge in [-0.2, -0.15) is 5.26 Å². The van der Waals surface area contributed by atoms with Crippen molar-refractivity contribution >= 4 is 5.91 Å². The van der Waals surface area contributed by atoms with E-state index in [1.165, 1.54) is 0 Å². The van der Waals surface area contributed by atoms with Gasteiger partial charge in [0, 0.05) is 25.6 Å². The Bertz CT molecular complexity index is 507. The zero-order chi connectivity index (χ0) is 13.1. The van der Waals surface area contributed by atoms with Crippen LogP contribution in [-0.2, 0) is 0 Å². The molecule has 2 rings (SSSR count). The number of hydrogen-bond donors (Lipinski definition) is 1. The molecule has 1 aromatic rings. The van der Waals surface area contributed by atoms with E-state index in [2.05, 4.69) is 4.98 Å². The molecule has 0 spiro atoms. The minimum absolute atomic E-state index is 0.115. The molecule has 1 atom stereocenters. The average Bonchev–Trinajstić information content (AvgIpc) is 2.86. The minimum atomic E-state index is -0.126. The topological polar surface area (TPSA) is 77.2 Å². The van der Waals surface area contributed by atoms with Crippen LogP contribution in [0, 0.1) is 24.2 Å². The largest absolute Gasteiger partial charge is 0.396 e. The van der Waals surface area contributed by atoms with Crippen LogP contribution in [0.25, 0.3) is 0 Å². The number of pyridine rings is 1. The molecule has 1 aliphatic heterocycles. The third kappa shape index (κ3) is 2.34. The van der Waals surface area contributed by atoms with Crippen LogP contribution in [0.4, 0.5) is 0 Å². The number of rotatable bonds is 2. The number of hydrogen-bond acceptors (Lipinski definition) is 4. The van der Waals surface area contributed by atoms with E-state index in [-0.39, 0.29) is 18.4 Å². The monoisotopic (exact) mass is 245 g/mol. The van der Waals surface area contributed by atoms with Crippen molar-refractivity contribution in [2.75, 3.05) is 19.7 Å². The van der Waals surface area contributed by atoms with E-state index >= 15 is 0 Å². The number of likely N-dealkylation sites (tertiary alicyclic amines) is 1. The zero-order valence-electron chi connectivity index (χ0n) is 10.3. The molecule has 1 unspecified atom stereocenters. The van der Waals surface area contributed by atoms with Gasteiger partial charge in [-0.15, -0.1) is 0 Å². The van der Waals surface area contributed by atoms with E-state index in [1.807, 2.05) is 6.07 Å². The first kappa shape index (κ1) is 12.5. The molecule has 1 aliphatic rings. The molecule has 1 fully saturated rings. The maximum Gasteiger partial charge on any atom is 0.272 e. The van der Waals surface area contributed by atoms with Gasteiger partial charge in [-0.05, 0) is 25.5 Å². The smallest absolute Gasteiger partial charge is 0.272 e. The summed E-state index contributed by atoms with van der Waals surface area (Å²) in [7, 11) is 0. The molecule has 0 radical (unpaired) electrons. The lowest BCUT2D eigenvalue weighted by Crippen LogP contribution is -2.30. The highest BCUT2D eigenvalue weighted by molar-refractivity contribution is 5.92. The molecule has 5 nitrogen and oxygen atoms in total. The van der Waals surface area contributed by atoms with Crippen molar-refractivity contribution in [3.63, 3.8) is 0 Å². The van der Waals surface area contributed by atoms with Gasteiger partial charge < -0.3 is 10.0 Å². The van der Waals surface area contributed by atoms with E-state index in [1.54, 1.807) is 24.0 Å². The van der Waals surface area contributed by atoms with Crippen LogP contribution in [-0.4, -0.2) is 40.6 Å².